The minimum absolute atomic E-state index is 0.0156. The number of aromatic nitrogens is 1. The van der Waals surface area contributed by atoms with E-state index in [-0.39, 0.29) is 11.9 Å². The third kappa shape index (κ3) is 3.80. The fraction of sp³-hybridized carbons (Fsp3) is 0.500. The number of ether oxygens (including phenoxy) is 1. The average Bonchev–Trinajstić information content (AvgIpc) is 3.25. The lowest BCUT2D eigenvalue weighted by atomic mass is 10.2. The zero-order valence-electron chi connectivity index (χ0n) is 13.4. The largest absolute Gasteiger partial charge is 0.379 e. The fourth-order valence-corrected chi connectivity index (χ4v) is 3.37. The number of amides is 1. The van der Waals surface area contributed by atoms with Gasteiger partial charge in [0.05, 0.1) is 25.8 Å². The molecular weight excluding hydrogens is 314 g/mol. The topological polar surface area (TPSA) is 58.8 Å². The first-order valence-corrected chi connectivity index (χ1v) is 8.59. The molecule has 1 fully saturated rings. The van der Waals surface area contributed by atoms with E-state index >= 15 is 0 Å². The summed E-state index contributed by atoms with van der Waals surface area (Å²) >= 11 is 1.64. The van der Waals surface area contributed by atoms with Crippen LogP contribution in [0.2, 0.25) is 0 Å². The van der Waals surface area contributed by atoms with Crippen LogP contribution in [0.3, 0.4) is 0 Å². The Morgan fingerprint density at radius 1 is 1.48 bits per heavy atom. The van der Waals surface area contributed by atoms with E-state index in [2.05, 4.69) is 10.1 Å². The second-order valence-electron chi connectivity index (χ2n) is 5.67. The summed E-state index contributed by atoms with van der Waals surface area (Å²) in [5.74, 6) is 0.593. The molecule has 3 heterocycles. The zero-order valence-corrected chi connectivity index (χ0v) is 14.2. The molecule has 6 nitrogen and oxygen atoms in total. The van der Waals surface area contributed by atoms with E-state index in [9.17, 15) is 4.79 Å². The summed E-state index contributed by atoms with van der Waals surface area (Å²) in [6.07, 6.45) is 0. The van der Waals surface area contributed by atoms with Crippen molar-refractivity contribution in [1.82, 2.24) is 15.0 Å². The van der Waals surface area contributed by atoms with Crippen molar-refractivity contribution in [3.63, 3.8) is 0 Å². The first kappa shape index (κ1) is 16.2. The van der Waals surface area contributed by atoms with Crippen LogP contribution in [0, 0.1) is 0 Å². The molecule has 0 spiro atoms. The maximum atomic E-state index is 12.6. The molecule has 1 atom stereocenters. The van der Waals surface area contributed by atoms with Crippen LogP contribution in [0.5, 0.6) is 0 Å². The smallest absolute Gasteiger partial charge is 0.276 e. The van der Waals surface area contributed by atoms with Crippen LogP contribution >= 0.6 is 11.3 Å². The Labute approximate surface area is 139 Å². The lowest BCUT2D eigenvalue weighted by Gasteiger charge is -2.25. The first-order valence-electron chi connectivity index (χ1n) is 7.71. The predicted molar refractivity (Wildman–Crippen MR) is 87.4 cm³/mol. The molecule has 0 radical (unpaired) electrons. The number of thiophene rings is 1. The molecule has 0 aliphatic carbocycles. The molecule has 1 amide bonds. The minimum Gasteiger partial charge on any atom is -0.379 e. The molecule has 0 saturated carbocycles. The van der Waals surface area contributed by atoms with Gasteiger partial charge >= 0.3 is 0 Å². The Hall–Kier alpha value is -1.70. The summed E-state index contributed by atoms with van der Waals surface area (Å²) in [7, 11) is 1.79. The second kappa shape index (κ2) is 7.25. The van der Waals surface area contributed by atoms with Crippen molar-refractivity contribution in [2.45, 2.75) is 19.5 Å². The first-order chi connectivity index (χ1) is 11.1. The molecule has 124 valence electrons. The molecule has 3 rings (SSSR count). The van der Waals surface area contributed by atoms with Crippen molar-refractivity contribution >= 4 is 17.2 Å². The van der Waals surface area contributed by atoms with Gasteiger partial charge in [0.25, 0.3) is 5.91 Å². The summed E-state index contributed by atoms with van der Waals surface area (Å²) in [5, 5.41) is 5.96. The number of rotatable bonds is 5. The number of nitrogens with zero attached hydrogens (tertiary/aromatic N) is 3. The van der Waals surface area contributed by atoms with Crippen LogP contribution in [-0.2, 0) is 11.3 Å². The SMILES string of the molecule is C[C@@H](c1cccs1)N(C)C(=O)c1cc(CN2CCOCC2)on1. The van der Waals surface area contributed by atoms with Crippen molar-refractivity contribution < 1.29 is 14.1 Å². The number of hydrogen-bond acceptors (Lipinski definition) is 6. The van der Waals surface area contributed by atoms with Gasteiger partial charge < -0.3 is 14.2 Å². The van der Waals surface area contributed by atoms with Crippen LogP contribution in [0.1, 0.15) is 34.1 Å². The van der Waals surface area contributed by atoms with Crippen molar-refractivity contribution in [3.8, 4) is 0 Å². The molecule has 23 heavy (non-hydrogen) atoms. The van der Waals surface area contributed by atoms with Crippen LogP contribution in [0.15, 0.2) is 28.1 Å². The lowest BCUT2D eigenvalue weighted by Crippen LogP contribution is -2.35. The third-order valence-corrected chi connectivity index (χ3v) is 5.16. The Bertz CT molecular complexity index is 635. The molecule has 7 heteroatoms. The van der Waals surface area contributed by atoms with Gasteiger partial charge in [-0.15, -0.1) is 11.3 Å². The van der Waals surface area contributed by atoms with E-state index in [4.69, 9.17) is 9.26 Å². The quantitative estimate of drug-likeness (QED) is 0.840. The van der Waals surface area contributed by atoms with Gasteiger partial charge in [-0.1, -0.05) is 11.2 Å². The van der Waals surface area contributed by atoms with E-state index in [1.807, 2.05) is 24.4 Å². The number of morpholine rings is 1. The lowest BCUT2D eigenvalue weighted by molar-refractivity contribution is 0.0305. The molecule has 0 N–H and O–H groups in total. The number of hydrogen-bond donors (Lipinski definition) is 0. The number of carbonyl (C=O) groups excluding carboxylic acids is 1. The van der Waals surface area contributed by atoms with Crippen LogP contribution in [0.25, 0.3) is 0 Å². The van der Waals surface area contributed by atoms with Crippen molar-refractivity contribution in [1.29, 1.82) is 0 Å². The van der Waals surface area contributed by atoms with Crippen LogP contribution in [-0.4, -0.2) is 54.2 Å². The fourth-order valence-electron chi connectivity index (χ4n) is 2.54. The molecule has 2 aromatic heterocycles. The van der Waals surface area contributed by atoms with Crippen molar-refractivity contribution in [3.05, 3.63) is 39.9 Å². The summed E-state index contributed by atoms with van der Waals surface area (Å²) in [6.45, 7) is 5.90. The van der Waals surface area contributed by atoms with Crippen molar-refractivity contribution in [2.75, 3.05) is 33.4 Å². The van der Waals surface area contributed by atoms with Gasteiger partial charge in [-0.05, 0) is 18.4 Å². The van der Waals surface area contributed by atoms with E-state index in [0.717, 1.165) is 31.2 Å². The van der Waals surface area contributed by atoms with E-state index in [1.54, 1.807) is 29.4 Å². The van der Waals surface area contributed by atoms with Crippen molar-refractivity contribution in [2.24, 2.45) is 0 Å². The summed E-state index contributed by atoms with van der Waals surface area (Å²) in [5.41, 5.74) is 0.360. The Kier molecular flexibility index (Phi) is 5.09. The van der Waals surface area contributed by atoms with Gasteiger partial charge in [0.1, 0.15) is 0 Å². The molecule has 0 bridgehead atoms. The normalized spacial score (nSPS) is 17.1. The highest BCUT2D eigenvalue weighted by Gasteiger charge is 2.23. The average molecular weight is 335 g/mol. The van der Waals surface area contributed by atoms with Crippen LogP contribution in [0.4, 0.5) is 0 Å². The molecule has 1 saturated heterocycles. The highest BCUT2D eigenvalue weighted by molar-refractivity contribution is 7.10. The minimum atomic E-state index is -0.122. The van der Waals surface area contributed by atoms with Gasteiger partial charge in [0, 0.05) is 31.1 Å². The third-order valence-electron chi connectivity index (χ3n) is 4.12. The van der Waals surface area contributed by atoms with E-state index in [1.165, 1.54) is 0 Å². The predicted octanol–water partition coefficient (Wildman–Crippen LogP) is 2.40. The maximum Gasteiger partial charge on any atom is 0.276 e. The molecule has 1 aliphatic rings. The van der Waals surface area contributed by atoms with Gasteiger partial charge in [0.2, 0.25) is 0 Å². The Morgan fingerprint density at radius 2 is 2.26 bits per heavy atom. The summed E-state index contributed by atoms with van der Waals surface area (Å²) in [4.78, 5) is 17.6. The molecule has 1 aliphatic heterocycles. The molecule has 2 aromatic rings. The van der Waals surface area contributed by atoms with E-state index < -0.39 is 0 Å². The van der Waals surface area contributed by atoms with Gasteiger partial charge in [0.15, 0.2) is 11.5 Å². The summed E-state index contributed by atoms with van der Waals surface area (Å²) in [6, 6.07) is 5.79. The molecular formula is C16H21N3O3S. The van der Waals surface area contributed by atoms with Crippen LogP contribution < -0.4 is 0 Å². The second-order valence-corrected chi connectivity index (χ2v) is 6.65. The highest BCUT2D eigenvalue weighted by Crippen LogP contribution is 2.24. The molecule has 0 aromatic carbocycles. The highest BCUT2D eigenvalue weighted by atomic mass is 32.1. The Balaban J connectivity index is 1.63. The van der Waals surface area contributed by atoms with E-state index in [0.29, 0.717) is 18.0 Å². The standard InChI is InChI=1S/C16H21N3O3S/c1-12(15-4-3-9-23-15)18(2)16(20)14-10-13(22-17-14)11-19-5-7-21-8-6-19/h3-4,9-10,12H,5-8,11H2,1-2H3/t12-/m0/s1. The van der Waals surface area contributed by atoms with Gasteiger partial charge in [-0.25, -0.2) is 0 Å². The Morgan fingerprint density at radius 3 is 2.96 bits per heavy atom. The summed E-state index contributed by atoms with van der Waals surface area (Å²) < 4.78 is 10.7. The number of carbonyl (C=O) groups is 1. The monoisotopic (exact) mass is 335 g/mol. The van der Waals surface area contributed by atoms with Gasteiger partial charge in [-0.3, -0.25) is 9.69 Å². The zero-order chi connectivity index (χ0) is 16.2. The molecule has 0 unspecified atom stereocenters. The van der Waals surface area contributed by atoms with Gasteiger partial charge in [-0.2, -0.15) is 0 Å². The maximum absolute atomic E-state index is 12.6.